The molecule has 1 saturated heterocycles. The monoisotopic (exact) mass is 788 g/mol. The van der Waals surface area contributed by atoms with Gasteiger partial charge in [0.15, 0.2) is 0 Å². The van der Waals surface area contributed by atoms with E-state index in [2.05, 4.69) is 20.3 Å². The first-order chi connectivity index (χ1) is 27.2. The topological polar surface area (TPSA) is 155 Å². The Balaban J connectivity index is 1.23. The molecule has 1 aliphatic rings. The van der Waals surface area contributed by atoms with Gasteiger partial charge in [0.1, 0.15) is 30.3 Å². The lowest BCUT2D eigenvalue weighted by Crippen LogP contribution is -2.53. The molecule has 1 N–H and O–H groups in total. The molecular weight excluding hydrogens is 752 g/mol. The van der Waals surface area contributed by atoms with Crippen LogP contribution in [0.2, 0.25) is 0 Å². The second kappa shape index (κ2) is 15.6. The number of benzene rings is 2. The first-order valence-corrected chi connectivity index (χ1v) is 17.8. The van der Waals surface area contributed by atoms with Gasteiger partial charge in [-0.25, -0.2) is 23.5 Å². The normalized spacial score (nSPS) is 15.2. The summed E-state index contributed by atoms with van der Waals surface area (Å²) in [6.07, 6.45) is 2.78. The number of esters is 1. The average Bonchev–Trinajstić information content (AvgIpc) is 3.60. The standard InChI is InChI=1S/C39H36F4N8O6/c1-22-17-25(50-14-15-56-21-32(50)39(41,42)43)19-28(40)33(22)35(52)47-29(37(54)57-16-13-49-12-11-45-23(49)2)18-24-6-7-30(34-26(24)5-4-9-46-34)51-36(53)27-8-10-44-20-31(27)48(3)38(51)55/h4-12,17,19-20,29,32H,13-16,18,21H2,1-3H3,(H,47,52)/t29-,32+/m0/s1. The molecular formula is C39H36F4N8O6. The van der Waals surface area contributed by atoms with Gasteiger partial charge in [0.2, 0.25) is 0 Å². The zero-order valence-electron chi connectivity index (χ0n) is 30.9. The number of nitrogens with zero attached hydrogens (tertiary/aromatic N) is 7. The molecule has 1 fully saturated rings. The summed E-state index contributed by atoms with van der Waals surface area (Å²) in [5.74, 6) is -2.26. The fraction of sp³-hybridized carbons (Fsp3) is 0.308. The predicted molar refractivity (Wildman–Crippen MR) is 200 cm³/mol. The van der Waals surface area contributed by atoms with E-state index in [9.17, 15) is 32.3 Å². The summed E-state index contributed by atoms with van der Waals surface area (Å²) in [5.41, 5.74) is -0.531. The van der Waals surface area contributed by atoms with Gasteiger partial charge >= 0.3 is 17.8 Å². The summed E-state index contributed by atoms with van der Waals surface area (Å²) in [6, 6.07) is 6.63. The molecule has 5 heterocycles. The lowest BCUT2D eigenvalue weighted by molar-refractivity contribution is -0.167. The van der Waals surface area contributed by atoms with Gasteiger partial charge in [0, 0.05) is 55.9 Å². The Hall–Kier alpha value is -6.43. The van der Waals surface area contributed by atoms with E-state index in [-0.39, 0.29) is 60.6 Å². The SMILES string of the molecule is Cc1cc(N2CCOC[C@@H]2C(F)(F)F)cc(F)c1C(=O)N[C@@H](Cc1ccc(-n2c(=O)c3ccncc3n(C)c2=O)c2ncccc12)C(=O)OCCn1ccnc1C. The minimum Gasteiger partial charge on any atom is -0.462 e. The minimum atomic E-state index is -4.65. The van der Waals surface area contributed by atoms with Crippen LogP contribution in [0.1, 0.15) is 27.3 Å². The van der Waals surface area contributed by atoms with Crippen molar-refractivity contribution in [2.24, 2.45) is 7.05 Å². The summed E-state index contributed by atoms with van der Waals surface area (Å²) >= 11 is 0. The molecule has 57 heavy (non-hydrogen) atoms. The Morgan fingerprint density at radius 1 is 1.05 bits per heavy atom. The van der Waals surface area contributed by atoms with E-state index in [1.54, 1.807) is 42.1 Å². The van der Waals surface area contributed by atoms with Gasteiger partial charge < -0.3 is 24.3 Å². The number of hydrogen-bond donors (Lipinski definition) is 1. The number of rotatable bonds is 10. The van der Waals surface area contributed by atoms with Crippen molar-refractivity contribution in [2.45, 2.75) is 45.1 Å². The second-order valence-electron chi connectivity index (χ2n) is 13.5. The molecule has 0 radical (unpaired) electrons. The first kappa shape index (κ1) is 38.8. The Labute approximate surface area is 321 Å². The zero-order valence-corrected chi connectivity index (χ0v) is 30.9. The maximum atomic E-state index is 15.8. The quantitative estimate of drug-likeness (QED) is 0.160. The van der Waals surface area contributed by atoms with E-state index in [0.717, 1.165) is 15.5 Å². The summed E-state index contributed by atoms with van der Waals surface area (Å²) in [7, 11) is 1.51. The smallest absolute Gasteiger partial charge is 0.411 e. The fourth-order valence-corrected chi connectivity index (χ4v) is 7.07. The number of amides is 1. The van der Waals surface area contributed by atoms with Gasteiger partial charge in [-0.05, 0) is 55.3 Å². The maximum Gasteiger partial charge on any atom is 0.411 e. The van der Waals surface area contributed by atoms with Crippen molar-refractivity contribution in [1.82, 2.24) is 34.0 Å². The molecule has 1 aliphatic heterocycles. The molecule has 0 saturated carbocycles. The van der Waals surface area contributed by atoms with E-state index in [4.69, 9.17) is 9.47 Å². The van der Waals surface area contributed by atoms with Crippen LogP contribution in [0, 0.1) is 19.7 Å². The van der Waals surface area contributed by atoms with Crippen LogP contribution in [0.3, 0.4) is 0 Å². The number of halogens is 4. The fourth-order valence-electron chi connectivity index (χ4n) is 7.07. The van der Waals surface area contributed by atoms with Gasteiger partial charge in [-0.15, -0.1) is 0 Å². The van der Waals surface area contributed by atoms with Crippen molar-refractivity contribution >= 4 is 39.4 Å². The number of pyridine rings is 2. The summed E-state index contributed by atoms with van der Waals surface area (Å²) in [4.78, 5) is 68.5. The molecule has 0 spiro atoms. The van der Waals surface area contributed by atoms with E-state index >= 15 is 4.39 Å². The van der Waals surface area contributed by atoms with Crippen LogP contribution in [0.15, 0.2) is 83.0 Å². The third-order valence-corrected chi connectivity index (χ3v) is 10.0. The number of carbonyl (C=O) groups excluding carboxylic acids is 2. The van der Waals surface area contributed by atoms with E-state index in [1.165, 1.54) is 55.3 Å². The van der Waals surface area contributed by atoms with Gasteiger partial charge in [0.25, 0.3) is 11.5 Å². The Kier molecular flexibility index (Phi) is 10.6. The number of alkyl halides is 3. The number of aryl methyl sites for hydroxylation is 3. The number of carbonyl (C=O) groups is 2. The molecule has 0 bridgehead atoms. The Morgan fingerprint density at radius 3 is 2.60 bits per heavy atom. The maximum absolute atomic E-state index is 15.8. The van der Waals surface area contributed by atoms with E-state index in [0.29, 0.717) is 22.3 Å². The molecule has 296 valence electrons. The van der Waals surface area contributed by atoms with Crippen LogP contribution in [0.4, 0.5) is 23.2 Å². The number of fused-ring (bicyclic) bond motifs is 2. The third-order valence-electron chi connectivity index (χ3n) is 10.0. The highest BCUT2D eigenvalue weighted by atomic mass is 19.4. The molecule has 6 aromatic rings. The van der Waals surface area contributed by atoms with Gasteiger partial charge in [-0.1, -0.05) is 12.1 Å². The van der Waals surface area contributed by atoms with Crippen molar-refractivity contribution in [3.05, 3.63) is 123 Å². The number of anilines is 1. The van der Waals surface area contributed by atoms with Gasteiger partial charge in [-0.3, -0.25) is 24.1 Å². The van der Waals surface area contributed by atoms with Gasteiger partial charge in [-0.2, -0.15) is 13.2 Å². The first-order valence-electron chi connectivity index (χ1n) is 17.8. The molecule has 4 aromatic heterocycles. The molecule has 7 rings (SSSR count). The predicted octanol–water partition coefficient (Wildman–Crippen LogP) is 3.94. The average molecular weight is 789 g/mol. The Morgan fingerprint density at radius 2 is 1.86 bits per heavy atom. The molecule has 0 unspecified atom stereocenters. The largest absolute Gasteiger partial charge is 0.462 e. The number of aromatic nitrogens is 6. The van der Waals surface area contributed by atoms with Crippen molar-refractivity contribution in [3.63, 3.8) is 0 Å². The highest BCUT2D eigenvalue weighted by Crippen LogP contribution is 2.33. The number of morpholine rings is 1. The molecule has 14 nitrogen and oxygen atoms in total. The second-order valence-corrected chi connectivity index (χ2v) is 13.5. The third kappa shape index (κ3) is 7.59. The Bertz CT molecular complexity index is 2620. The lowest BCUT2D eigenvalue weighted by Gasteiger charge is -2.38. The van der Waals surface area contributed by atoms with E-state index < -0.39 is 59.4 Å². The number of imidazole rings is 1. The van der Waals surface area contributed by atoms with Crippen LogP contribution < -0.4 is 21.5 Å². The van der Waals surface area contributed by atoms with Crippen LogP contribution >= 0.6 is 0 Å². The van der Waals surface area contributed by atoms with Crippen molar-refractivity contribution in [2.75, 3.05) is 31.3 Å². The number of nitrogens with one attached hydrogen (secondary N) is 1. The molecule has 18 heteroatoms. The number of hydrogen-bond acceptors (Lipinski definition) is 10. The zero-order chi connectivity index (χ0) is 40.6. The number of ether oxygens (including phenoxy) is 2. The van der Waals surface area contributed by atoms with Crippen molar-refractivity contribution in [1.29, 1.82) is 0 Å². The van der Waals surface area contributed by atoms with Crippen LogP contribution in [0.5, 0.6) is 0 Å². The lowest BCUT2D eigenvalue weighted by atomic mass is 9.99. The summed E-state index contributed by atoms with van der Waals surface area (Å²) in [5, 5.41) is 3.27. The van der Waals surface area contributed by atoms with E-state index in [1.807, 2.05) is 0 Å². The highest BCUT2D eigenvalue weighted by Gasteiger charge is 2.45. The van der Waals surface area contributed by atoms with Crippen LogP contribution in [-0.4, -0.2) is 85.2 Å². The summed E-state index contributed by atoms with van der Waals surface area (Å²) in [6.45, 7) is 2.53. The van der Waals surface area contributed by atoms with Crippen LogP contribution in [0.25, 0.3) is 27.5 Å². The summed E-state index contributed by atoms with van der Waals surface area (Å²) < 4.78 is 72.0. The molecule has 0 aliphatic carbocycles. The van der Waals surface area contributed by atoms with Gasteiger partial charge in [0.05, 0.1) is 53.6 Å². The molecule has 2 aromatic carbocycles. The van der Waals surface area contributed by atoms with Crippen molar-refractivity contribution < 1.29 is 36.6 Å². The molecule has 2 atom stereocenters. The van der Waals surface area contributed by atoms with Crippen molar-refractivity contribution in [3.8, 4) is 5.69 Å². The highest BCUT2D eigenvalue weighted by molar-refractivity contribution is 5.99. The minimum absolute atomic E-state index is 0.00175. The van der Waals surface area contributed by atoms with Crippen LogP contribution in [-0.2, 0) is 34.3 Å². The molecule has 1 amide bonds.